The molecule has 3 aromatic carbocycles. The van der Waals surface area contributed by atoms with Gasteiger partial charge in [0.1, 0.15) is 0 Å². The number of benzene rings is 2. The average molecular weight is 498 g/mol. The van der Waals surface area contributed by atoms with E-state index in [1.807, 2.05) is 0 Å². The molecular weight excluding hydrogens is 467 g/mol. The van der Waals surface area contributed by atoms with Crippen molar-refractivity contribution < 1.29 is 58.9 Å². The van der Waals surface area contributed by atoms with Crippen molar-refractivity contribution in [3.05, 3.63) is 99.1 Å². The Morgan fingerprint density at radius 1 is 0.733 bits per heavy atom. The first kappa shape index (κ1) is 31.6. The topological polar surface area (TPSA) is 0 Å². The molecule has 0 nitrogen and oxygen atoms in total. The van der Waals surface area contributed by atoms with E-state index in [4.69, 9.17) is 0 Å². The molecule has 3 aromatic rings. The van der Waals surface area contributed by atoms with Crippen LogP contribution >= 0.6 is 0 Å². The molecule has 0 spiro atoms. The summed E-state index contributed by atoms with van der Waals surface area (Å²) < 4.78 is 0. The molecule has 0 aromatic heterocycles. The largest absolute Gasteiger partial charge is 4.00 e. The Labute approximate surface area is 216 Å². The Bertz CT molecular complexity index is 807. The monoisotopic (exact) mass is 496 g/mol. The smallest absolute Gasteiger partial charge is 1.00 e. The quantitative estimate of drug-likeness (QED) is 0.278. The Morgan fingerprint density at radius 2 is 1.17 bits per heavy atom. The predicted octanol–water partition coefficient (Wildman–Crippen LogP) is -1.83. The third-order valence-corrected chi connectivity index (χ3v) is 5.21. The van der Waals surface area contributed by atoms with Crippen LogP contribution in [0.1, 0.15) is 70.2 Å². The van der Waals surface area contributed by atoms with Gasteiger partial charge in [-0.2, -0.15) is 11.6 Å². The standard InChI is InChI=1S/C26H31.3ClH.Ti/c1-6-7-9-22-10-8-11-25(22)26(23-14-18(2)12-19(3)15-23)24-16-20(4)13-21(5)17-24;;;;/h8,10-17,26H,6-7,9H2,1-5H3;3*1H;/q-1;;;;+4/p-3. The minimum Gasteiger partial charge on any atom is -1.00 e. The van der Waals surface area contributed by atoms with E-state index >= 15 is 0 Å². The average Bonchev–Trinajstić information content (AvgIpc) is 2.99. The van der Waals surface area contributed by atoms with Gasteiger partial charge in [0.15, 0.2) is 0 Å². The van der Waals surface area contributed by atoms with E-state index in [0.29, 0.717) is 5.92 Å². The van der Waals surface area contributed by atoms with Gasteiger partial charge in [-0.15, -0.1) is 5.56 Å². The zero-order chi connectivity index (χ0) is 18.7. The molecule has 0 aliphatic carbocycles. The van der Waals surface area contributed by atoms with Crippen LogP contribution in [0, 0.1) is 27.7 Å². The fourth-order valence-electron chi connectivity index (χ4n) is 4.25. The van der Waals surface area contributed by atoms with Crippen LogP contribution in [0.4, 0.5) is 0 Å². The van der Waals surface area contributed by atoms with Gasteiger partial charge in [-0.05, 0) is 44.7 Å². The summed E-state index contributed by atoms with van der Waals surface area (Å²) in [6.07, 6.45) is 3.66. The Kier molecular flexibility index (Phi) is 15.2. The van der Waals surface area contributed by atoms with Crippen molar-refractivity contribution in [2.24, 2.45) is 0 Å². The third kappa shape index (κ3) is 7.81. The molecule has 0 atom stereocenters. The predicted molar refractivity (Wildman–Crippen MR) is 113 cm³/mol. The second-order valence-electron chi connectivity index (χ2n) is 7.89. The summed E-state index contributed by atoms with van der Waals surface area (Å²) in [5, 5.41) is 0. The number of halogens is 3. The molecule has 0 aliphatic rings. The molecular formula is C26H31Cl3Ti. The maximum Gasteiger partial charge on any atom is 4.00 e. The Morgan fingerprint density at radius 3 is 1.57 bits per heavy atom. The van der Waals surface area contributed by atoms with E-state index in [-0.39, 0.29) is 58.9 Å². The fraction of sp³-hybridized carbons (Fsp3) is 0.346. The van der Waals surface area contributed by atoms with Crippen molar-refractivity contribution in [1.29, 1.82) is 0 Å². The zero-order valence-electron chi connectivity index (χ0n) is 18.5. The maximum absolute atomic E-state index is 2.37. The van der Waals surface area contributed by atoms with Gasteiger partial charge >= 0.3 is 21.7 Å². The molecule has 160 valence electrons. The maximum atomic E-state index is 2.37. The van der Waals surface area contributed by atoms with Crippen molar-refractivity contribution in [1.82, 2.24) is 0 Å². The van der Waals surface area contributed by atoms with Gasteiger partial charge in [-0.1, -0.05) is 84.8 Å². The van der Waals surface area contributed by atoms with E-state index < -0.39 is 0 Å². The van der Waals surface area contributed by atoms with Crippen molar-refractivity contribution >= 4 is 0 Å². The number of unbranched alkanes of at least 4 members (excludes halogenated alkanes) is 1. The van der Waals surface area contributed by atoms with Gasteiger partial charge in [0.05, 0.1) is 0 Å². The SMILES string of the molecule is CCCCc1ccc[c-]1C(c1cc(C)cc(C)c1)c1cc(C)cc(C)c1.[Cl-].[Cl-].[Cl-].[Ti+4]. The van der Waals surface area contributed by atoms with Crippen LogP contribution in [-0.2, 0) is 28.1 Å². The molecule has 0 N–H and O–H groups in total. The second kappa shape index (κ2) is 14.4. The van der Waals surface area contributed by atoms with E-state index in [1.54, 1.807) is 0 Å². The van der Waals surface area contributed by atoms with Crippen LogP contribution < -0.4 is 37.2 Å². The van der Waals surface area contributed by atoms with Crippen LogP contribution in [0.15, 0.2) is 54.6 Å². The summed E-state index contributed by atoms with van der Waals surface area (Å²) in [4.78, 5) is 0. The minimum atomic E-state index is 0. The Hall–Kier alpha value is -0.626. The summed E-state index contributed by atoms with van der Waals surface area (Å²) in [5.41, 5.74) is 11.2. The third-order valence-electron chi connectivity index (χ3n) is 5.21. The van der Waals surface area contributed by atoms with Gasteiger partial charge in [0.2, 0.25) is 0 Å². The van der Waals surface area contributed by atoms with Crippen LogP contribution in [0.25, 0.3) is 0 Å². The van der Waals surface area contributed by atoms with E-state index in [2.05, 4.69) is 89.2 Å². The second-order valence-corrected chi connectivity index (χ2v) is 7.89. The molecule has 0 radical (unpaired) electrons. The summed E-state index contributed by atoms with van der Waals surface area (Å²) in [6.45, 7) is 11.1. The minimum absolute atomic E-state index is 0. The summed E-state index contributed by atoms with van der Waals surface area (Å²) in [5.74, 6) is 0.314. The first-order chi connectivity index (χ1) is 12.5. The van der Waals surface area contributed by atoms with Crippen LogP contribution in [0.3, 0.4) is 0 Å². The first-order valence-electron chi connectivity index (χ1n) is 9.88. The number of aryl methyl sites for hydroxylation is 5. The zero-order valence-corrected chi connectivity index (χ0v) is 22.4. The molecule has 0 aliphatic heterocycles. The fourth-order valence-corrected chi connectivity index (χ4v) is 4.25. The Balaban J connectivity index is 0. The molecule has 0 fully saturated rings. The first-order valence-corrected chi connectivity index (χ1v) is 9.88. The van der Waals surface area contributed by atoms with Crippen molar-refractivity contribution in [2.45, 2.75) is 59.8 Å². The van der Waals surface area contributed by atoms with Gasteiger partial charge < -0.3 is 37.2 Å². The van der Waals surface area contributed by atoms with Gasteiger partial charge in [-0.25, -0.2) is 12.1 Å². The molecule has 0 unspecified atom stereocenters. The summed E-state index contributed by atoms with van der Waals surface area (Å²) in [6, 6.07) is 20.9. The number of hydrogen-bond donors (Lipinski definition) is 0. The van der Waals surface area contributed by atoms with Crippen LogP contribution in [0.5, 0.6) is 0 Å². The molecule has 0 bridgehead atoms. The normalized spacial score (nSPS) is 9.80. The van der Waals surface area contributed by atoms with E-state index in [1.165, 1.54) is 63.8 Å². The van der Waals surface area contributed by atoms with Crippen LogP contribution in [0.2, 0.25) is 0 Å². The molecule has 0 saturated carbocycles. The van der Waals surface area contributed by atoms with Crippen LogP contribution in [-0.4, -0.2) is 0 Å². The van der Waals surface area contributed by atoms with E-state index in [9.17, 15) is 0 Å². The van der Waals surface area contributed by atoms with E-state index in [0.717, 1.165) is 0 Å². The van der Waals surface area contributed by atoms with Gasteiger partial charge in [0, 0.05) is 0 Å². The molecule has 3 rings (SSSR count). The number of hydrogen-bond acceptors (Lipinski definition) is 0. The molecule has 0 amide bonds. The van der Waals surface area contributed by atoms with Crippen molar-refractivity contribution in [3.63, 3.8) is 0 Å². The molecule has 0 saturated heterocycles. The summed E-state index contributed by atoms with van der Waals surface area (Å²) in [7, 11) is 0. The van der Waals surface area contributed by atoms with Crippen molar-refractivity contribution in [3.8, 4) is 0 Å². The molecule has 0 heterocycles. The number of rotatable bonds is 6. The van der Waals surface area contributed by atoms with Gasteiger partial charge in [0.25, 0.3) is 0 Å². The molecule has 4 heteroatoms. The van der Waals surface area contributed by atoms with Crippen molar-refractivity contribution in [2.75, 3.05) is 0 Å². The molecule has 30 heavy (non-hydrogen) atoms. The summed E-state index contributed by atoms with van der Waals surface area (Å²) >= 11 is 0. The van der Waals surface area contributed by atoms with Gasteiger partial charge in [-0.3, -0.25) is 0 Å².